The van der Waals surface area contributed by atoms with Crippen LogP contribution in [-0.2, 0) is 10.0 Å². The first-order valence-corrected chi connectivity index (χ1v) is 14.7. The Labute approximate surface area is 218 Å². The van der Waals surface area contributed by atoms with Crippen LogP contribution in [-0.4, -0.2) is 67.9 Å². The zero-order chi connectivity index (χ0) is 26.3. The highest BCUT2D eigenvalue weighted by atomic mass is 32.2. The maximum atomic E-state index is 13.6. The van der Waals surface area contributed by atoms with Crippen molar-refractivity contribution in [3.05, 3.63) is 17.1 Å². The standard InChI is InChI=1S/C23H30F2N8O2S2/c1-12-10-31(11-13(2)27-12)16-7-15(37(34,35)30-23(4)5-6-23)8-17-18(16)32-14(3)9-26-21(32)33(17)22-29-28-20(36-22)19(24)25/h7-8,12-14,19,27,30H,5-6,9-11H2,1-4H3/t12?,13?,14-/m1/s1. The normalized spacial score (nSPS) is 26.5. The smallest absolute Gasteiger partial charge is 0.291 e. The molecule has 0 spiro atoms. The first-order valence-electron chi connectivity index (χ1n) is 12.4. The molecule has 14 heteroatoms. The van der Waals surface area contributed by atoms with Crippen LogP contribution in [0.2, 0.25) is 0 Å². The molecule has 2 fully saturated rings. The second kappa shape index (κ2) is 8.55. The van der Waals surface area contributed by atoms with Gasteiger partial charge in [0.15, 0.2) is 5.01 Å². The van der Waals surface area contributed by atoms with E-state index in [0.29, 0.717) is 31.3 Å². The number of benzene rings is 1. The van der Waals surface area contributed by atoms with E-state index in [1.54, 1.807) is 17.0 Å². The molecule has 2 unspecified atom stereocenters. The minimum absolute atomic E-state index is 0.00344. The van der Waals surface area contributed by atoms with E-state index in [4.69, 9.17) is 4.99 Å². The van der Waals surface area contributed by atoms with Crippen molar-refractivity contribution in [1.82, 2.24) is 20.2 Å². The van der Waals surface area contributed by atoms with Gasteiger partial charge in [0.2, 0.25) is 21.1 Å². The van der Waals surface area contributed by atoms with Crippen LogP contribution in [0.3, 0.4) is 0 Å². The lowest BCUT2D eigenvalue weighted by molar-refractivity contribution is 0.150. The zero-order valence-electron chi connectivity index (χ0n) is 21.1. The number of nitrogens with one attached hydrogen (secondary N) is 2. The largest absolute Gasteiger partial charge is 0.367 e. The Morgan fingerprint density at radius 3 is 2.43 bits per heavy atom. The average Bonchev–Trinajstić information content (AvgIpc) is 3.18. The number of fused-ring (bicyclic) bond motifs is 3. The van der Waals surface area contributed by atoms with Crippen LogP contribution in [0.15, 0.2) is 22.0 Å². The van der Waals surface area contributed by atoms with Crippen molar-refractivity contribution in [1.29, 1.82) is 0 Å². The van der Waals surface area contributed by atoms with Gasteiger partial charge in [0.25, 0.3) is 6.43 Å². The maximum absolute atomic E-state index is 13.6. The summed E-state index contributed by atoms with van der Waals surface area (Å²) in [5.74, 6) is 0.550. The first kappa shape index (κ1) is 24.9. The van der Waals surface area contributed by atoms with Crippen LogP contribution in [0.1, 0.15) is 52.0 Å². The van der Waals surface area contributed by atoms with Crippen molar-refractivity contribution in [2.75, 3.05) is 34.3 Å². The average molecular weight is 553 g/mol. The second-order valence-corrected chi connectivity index (χ2v) is 13.4. The van der Waals surface area contributed by atoms with Gasteiger partial charge in [-0.05, 0) is 52.7 Å². The van der Waals surface area contributed by atoms with Crippen LogP contribution in [0.5, 0.6) is 0 Å². The van der Waals surface area contributed by atoms with Gasteiger partial charge in [-0.3, -0.25) is 4.90 Å². The van der Waals surface area contributed by atoms with Gasteiger partial charge in [0.1, 0.15) is 0 Å². The fourth-order valence-electron chi connectivity index (χ4n) is 5.36. The van der Waals surface area contributed by atoms with Gasteiger partial charge in [0.05, 0.1) is 34.5 Å². The van der Waals surface area contributed by atoms with Crippen molar-refractivity contribution in [2.24, 2.45) is 4.99 Å². The van der Waals surface area contributed by atoms with Gasteiger partial charge >= 0.3 is 0 Å². The predicted octanol–water partition coefficient (Wildman–Crippen LogP) is 3.21. The highest BCUT2D eigenvalue weighted by Crippen LogP contribution is 2.52. The van der Waals surface area contributed by atoms with E-state index in [1.807, 2.05) is 13.8 Å². The molecule has 0 bridgehead atoms. The fourth-order valence-corrected chi connectivity index (χ4v) is 7.57. The summed E-state index contributed by atoms with van der Waals surface area (Å²) < 4.78 is 56.8. The number of anilines is 4. The highest BCUT2D eigenvalue weighted by Gasteiger charge is 2.46. The Kier molecular flexibility index (Phi) is 5.75. The lowest BCUT2D eigenvalue weighted by Crippen LogP contribution is -2.54. The maximum Gasteiger partial charge on any atom is 0.291 e. The van der Waals surface area contributed by atoms with Crippen LogP contribution in [0.4, 0.5) is 31.0 Å². The molecule has 4 aliphatic rings. The van der Waals surface area contributed by atoms with E-state index < -0.39 is 27.0 Å². The van der Waals surface area contributed by atoms with Gasteiger partial charge < -0.3 is 15.1 Å². The molecule has 3 atom stereocenters. The number of sulfonamides is 1. The van der Waals surface area contributed by atoms with Crippen LogP contribution in [0.25, 0.3) is 0 Å². The minimum Gasteiger partial charge on any atom is -0.367 e. The van der Waals surface area contributed by atoms with Gasteiger partial charge in [-0.25, -0.2) is 26.9 Å². The molecule has 0 amide bonds. The molecule has 4 heterocycles. The van der Waals surface area contributed by atoms with Crippen molar-refractivity contribution in [2.45, 2.75) is 75.5 Å². The molecule has 3 aliphatic heterocycles. The molecule has 1 saturated heterocycles. The molecule has 200 valence electrons. The molecule has 2 aromatic rings. The number of alkyl halides is 2. The number of guanidine groups is 1. The summed E-state index contributed by atoms with van der Waals surface area (Å²) in [6.45, 7) is 10.0. The summed E-state index contributed by atoms with van der Waals surface area (Å²) in [6, 6.07) is 3.75. The van der Waals surface area contributed by atoms with Crippen LogP contribution in [0, 0.1) is 0 Å². The Hall–Kier alpha value is -2.42. The molecule has 2 N–H and O–H groups in total. The number of piperazine rings is 1. The molecule has 0 radical (unpaired) electrons. The van der Waals surface area contributed by atoms with Crippen molar-refractivity contribution in [3.63, 3.8) is 0 Å². The van der Waals surface area contributed by atoms with E-state index >= 15 is 0 Å². The van der Waals surface area contributed by atoms with Crippen LogP contribution >= 0.6 is 11.3 Å². The number of rotatable bonds is 6. The first-order chi connectivity index (χ1) is 17.5. The minimum atomic E-state index is -3.85. The Morgan fingerprint density at radius 1 is 1.14 bits per heavy atom. The van der Waals surface area contributed by atoms with E-state index in [9.17, 15) is 17.2 Å². The predicted molar refractivity (Wildman–Crippen MR) is 140 cm³/mol. The Bertz CT molecular complexity index is 1370. The number of nitrogens with zero attached hydrogens (tertiary/aromatic N) is 6. The Morgan fingerprint density at radius 2 is 1.81 bits per heavy atom. The van der Waals surface area contributed by atoms with Crippen molar-refractivity contribution in [3.8, 4) is 0 Å². The molecule has 10 nitrogen and oxygen atoms in total. The second-order valence-electron chi connectivity index (χ2n) is 10.8. The SMILES string of the molecule is CC1CN(c2cc(S(=O)(=O)NC3(C)CC3)cc3c2N2C(=NC[C@H]2C)N3c2nnc(C(F)F)s2)CC(C)N1. The number of aliphatic imine (C=N–C) groups is 1. The van der Waals surface area contributed by atoms with Crippen molar-refractivity contribution < 1.29 is 17.2 Å². The summed E-state index contributed by atoms with van der Waals surface area (Å²) >= 11 is 0.785. The van der Waals surface area contributed by atoms with E-state index in [0.717, 1.165) is 35.6 Å². The zero-order valence-corrected chi connectivity index (χ0v) is 22.7. The van der Waals surface area contributed by atoms with Crippen LogP contribution < -0.4 is 24.7 Å². The highest BCUT2D eigenvalue weighted by molar-refractivity contribution is 7.89. The lowest BCUT2D eigenvalue weighted by Gasteiger charge is -2.39. The van der Waals surface area contributed by atoms with E-state index in [-0.39, 0.29) is 28.2 Å². The fraction of sp³-hybridized carbons (Fsp3) is 0.609. The molecule has 1 saturated carbocycles. The topological polar surface area (TPSA) is 106 Å². The summed E-state index contributed by atoms with van der Waals surface area (Å²) in [7, 11) is -3.85. The van der Waals surface area contributed by atoms with Gasteiger partial charge in [-0.1, -0.05) is 11.3 Å². The number of aromatic nitrogens is 2. The van der Waals surface area contributed by atoms with Gasteiger partial charge in [0, 0.05) is 30.7 Å². The third-order valence-corrected chi connectivity index (χ3v) is 9.81. The number of hydrogen-bond donors (Lipinski definition) is 2. The molecule has 6 rings (SSSR count). The molecule has 1 aromatic heterocycles. The quantitative estimate of drug-likeness (QED) is 0.563. The molecular weight excluding hydrogens is 522 g/mol. The van der Waals surface area contributed by atoms with E-state index in [2.05, 4.69) is 43.9 Å². The van der Waals surface area contributed by atoms with Crippen molar-refractivity contribution >= 4 is 49.5 Å². The molecule has 1 aliphatic carbocycles. The summed E-state index contributed by atoms with van der Waals surface area (Å²) in [6.07, 6.45) is -1.18. The summed E-state index contributed by atoms with van der Waals surface area (Å²) in [5.41, 5.74) is 1.71. The lowest BCUT2D eigenvalue weighted by atomic mass is 10.1. The number of halogens is 2. The molecule has 1 aromatic carbocycles. The summed E-state index contributed by atoms with van der Waals surface area (Å²) in [5, 5.41) is 11.1. The molecular formula is C23H30F2N8O2S2. The Balaban J connectivity index is 1.55. The van der Waals surface area contributed by atoms with Gasteiger partial charge in [-0.15, -0.1) is 10.2 Å². The third kappa shape index (κ3) is 4.27. The van der Waals surface area contributed by atoms with E-state index in [1.165, 1.54) is 0 Å². The monoisotopic (exact) mass is 552 g/mol. The number of hydrogen-bond acceptors (Lipinski definition) is 10. The summed E-state index contributed by atoms with van der Waals surface area (Å²) in [4.78, 5) is 10.8. The molecule has 37 heavy (non-hydrogen) atoms. The van der Waals surface area contributed by atoms with Gasteiger partial charge in [-0.2, -0.15) is 0 Å². The third-order valence-electron chi connectivity index (χ3n) is 7.28.